The summed E-state index contributed by atoms with van der Waals surface area (Å²) in [5, 5.41) is 17.1. The lowest BCUT2D eigenvalue weighted by molar-refractivity contribution is -0.140. The van der Waals surface area contributed by atoms with Gasteiger partial charge in [0.2, 0.25) is 0 Å². The van der Waals surface area contributed by atoms with Gasteiger partial charge in [-0.3, -0.25) is 4.98 Å². The van der Waals surface area contributed by atoms with Crippen molar-refractivity contribution in [1.82, 2.24) is 4.98 Å². The highest BCUT2D eigenvalue weighted by Crippen LogP contribution is 2.38. The fourth-order valence-electron chi connectivity index (χ4n) is 1.29. The molecule has 0 aromatic carbocycles. The maximum absolute atomic E-state index is 12.6. The van der Waals surface area contributed by atoms with Crippen molar-refractivity contribution in [3.8, 4) is 6.07 Å². The SMILES string of the molecule is N#Cc1cnc(C(F)F)c(C(F)(F)F)c1C(=O)O. The molecular formula is C9H3F5N2O2. The van der Waals surface area contributed by atoms with E-state index in [9.17, 15) is 26.7 Å². The summed E-state index contributed by atoms with van der Waals surface area (Å²) in [5.74, 6) is -2.12. The molecule has 1 rings (SSSR count). The van der Waals surface area contributed by atoms with Gasteiger partial charge in [0.1, 0.15) is 11.8 Å². The van der Waals surface area contributed by atoms with Gasteiger partial charge >= 0.3 is 12.1 Å². The number of aromatic nitrogens is 1. The standard InChI is InChI=1S/C9H3F5N2O2/c10-7(11)6-5(9(12,13)14)4(8(17)18)3(1-15)2-16-6/h2,7H,(H,17,18). The molecule has 0 saturated heterocycles. The van der Waals surface area contributed by atoms with Crippen LogP contribution in [0.3, 0.4) is 0 Å². The van der Waals surface area contributed by atoms with Crippen molar-refractivity contribution >= 4 is 5.97 Å². The first-order valence-electron chi connectivity index (χ1n) is 4.21. The minimum absolute atomic E-state index is 0.375. The highest BCUT2D eigenvalue weighted by Gasteiger charge is 2.42. The zero-order chi connectivity index (χ0) is 14.1. The predicted octanol–water partition coefficient (Wildman–Crippen LogP) is 2.61. The molecule has 0 spiro atoms. The van der Waals surface area contributed by atoms with Gasteiger partial charge in [-0.05, 0) is 0 Å². The highest BCUT2D eigenvalue weighted by molar-refractivity contribution is 5.92. The van der Waals surface area contributed by atoms with Crippen LogP contribution in [-0.2, 0) is 6.18 Å². The number of nitriles is 1. The van der Waals surface area contributed by atoms with E-state index in [-0.39, 0.29) is 0 Å². The minimum atomic E-state index is -5.35. The van der Waals surface area contributed by atoms with Crippen molar-refractivity contribution in [2.24, 2.45) is 0 Å². The van der Waals surface area contributed by atoms with E-state index >= 15 is 0 Å². The molecule has 4 nitrogen and oxygen atoms in total. The van der Waals surface area contributed by atoms with Crippen LogP contribution in [0.15, 0.2) is 6.20 Å². The van der Waals surface area contributed by atoms with Gasteiger partial charge in [-0.2, -0.15) is 18.4 Å². The lowest BCUT2D eigenvalue weighted by Gasteiger charge is -2.14. The molecule has 1 aromatic rings. The Morgan fingerprint density at radius 1 is 1.44 bits per heavy atom. The van der Waals surface area contributed by atoms with Crippen molar-refractivity contribution in [3.63, 3.8) is 0 Å². The van der Waals surface area contributed by atoms with Gasteiger partial charge in [0.05, 0.1) is 16.7 Å². The van der Waals surface area contributed by atoms with Gasteiger partial charge in [0.25, 0.3) is 6.43 Å². The molecule has 18 heavy (non-hydrogen) atoms. The summed E-state index contributed by atoms with van der Waals surface area (Å²) in [6.45, 7) is 0. The molecule has 96 valence electrons. The molecule has 0 aliphatic rings. The zero-order valence-electron chi connectivity index (χ0n) is 8.29. The number of hydrogen-bond acceptors (Lipinski definition) is 3. The molecule has 1 aromatic heterocycles. The Bertz CT molecular complexity index is 533. The third-order valence-electron chi connectivity index (χ3n) is 1.93. The molecule has 1 heterocycles. The molecule has 0 bridgehead atoms. The topological polar surface area (TPSA) is 74.0 Å². The maximum atomic E-state index is 12.6. The summed E-state index contributed by atoms with van der Waals surface area (Å²) in [6, 6.07) is 1.17. The van der Waals surface area contributed by atoms with Crippen molar-refractivity contribution < 1.29 is 31.9 Å². The number of aromatic carboxylic acids is 1. The van der Waals surface area contributed by atoms with E-state index in [1.807, 2.05) is 0 Å². The van der Waals surface area contributed by atoms with Crippen LogP contribution in [0.5, 0.6) is 0 Å². The number of carboxylic acids is 1. The second kappa shape index (κ2) is 4.56. The van der Waals surface area contributed by atoms with E-state index in [2.05, 4.69) is 4.98 Å². The number of nitrogens with zero attached hydrogens (tertiary/aromatic N) is 2. The van der Waals surface area contributed by atoms with Gasteiger partial charge in [0, 0.05) is 6.20 Å². The summed E-state index contributed by atoms with van der Waals surface area (Å²) in [6.07, 6.45) is -8.58. The van der Waals surface area contributed by atoms with Crippen molar-refractivity contribution in [3.05, 3.63) is 28.6 Å². The monoisotopic (exact) mass is 266 g/mol. The predicted molar refractivity (Wildman–Crippen MR) is 45.9 cm³/mol. The number of hydrogen-bond donors (Lipinski definition) is 1. The first-order valence-corrected chi connectivity index (χ1v) is 4.21. The van der Waals surface area contributed by atoms with Gasteiger partial charge in [-0.25, -0.2) is 13.6 Å². The number of alkyl halides is 5. The van der Waals surface area contributed by atoms with E-state index in [1.54, 1.807) is 0 Å². The zero-order valence-corrected chi connectivity index (χ0v) is 8.29. The van der Waals surface area contributed by atoms with E-state index in [1.165, 1.54) is 6.07 Å². The van der Waals surface area contributed by atoms with Gasteiger partial charge in [0.15, 0.2) is 0 Å². The van der Waals surface area contributed by atoms with Crippen molar-refractivity contribution in [1.29, 1.82) is 5.26 Å². The average molecular weight is 266 g/mol. The maximum Gasteiger partial charge on any atom is 0.419 e. The molecule has 9 heteroatoms. The number of rotatable bonds is 2. The van der Waals surface area contributed by atoms with Crippen LogP contribution in [0, 0.1) is 11.3 Å². The highest BCUT2D eigenvalue weighted by atomic mass is 19.4. The Hall–Kier alpha value is -2.24. The number of carboxylic acid groups (broad SMARTS) is 1. The van der Waals surface area contributed by atoms with Crippen LogP contribution < -0.4 is 0 Å². The molecule has 0 aliphatic carbocycles. The van der Waals surface area contributed by atoms with Crippen molar-refractivity contribution in [2.75, 3.05) is 0 Å². The van der Waals surface area contributed by atoms with E-state index in [4.69, 9.17) is 10.4 Å². The van der Waals surface area contributed by atoms with Crippen LogP contribution in [0.4, 0.5) is 22.0 Å². The molecule has 0 saturated carbocycles. The molecule has 0 amide bonds. The summed E-state index contributed by atoms with van der Waals surface area (Å²) in [5.41, 5.74) is -6.25. The Kier molecular flexibility index (Phi) is 3.50. The Morgan fingerprint density at radius 2 is 2.00 bits per heavy atom. The van der Waals surface area contributed by atoms with Gasteiger partial charge in [-0.15, -0.1) is 0 Å². The molecule has 1 N–H and O–H groups in total. The fraction of sp³-hybridized carbons (Fsp3) is 0.222. The molecule has 0 aliphatic heterocycles. The number of halogens is 5. The molecular weight excluding hydrogens is 263 g/mol. The van der Waals surface area contributed by atoms with Crippen molar-refractivity contribution in [2.45, 2.75) is 12.6 Å². The third kappa shape index (κ3) is 2.37. The smallest absolute Gasteiger partial charge is 0.419 e. The second-order valence-corrected chi connectivity index (χ2v) is 3.02. The van der Waals surface area contributed by atoms with Crippen LogP contribution in [0.25, 0.3) is 0 Å². The third-order valence-corrected chi connectivity index (χ3v) is 1.93. The largest absolute Gasteiger partial charge is 0.478 e. The summed E-state index contributed by atoms with van der Waals surface area (Å²) >= 11 is 0. The summed E-state index contributed by atoms with van der Waals surface area (Å²) in [7, 11) is 0. The van der Waals surface area contributed by atoms with Crippen LogP contribution in [0.1, 0.15) is 33.6 Å². The minimum Gasteiger partial charge on any atom is -0.478 e. The second-order valence-electron chi connectivity index (χ2n) is 3.02. The number of carbonyl (C=O) groups is 1. The Morgan fingerprint density at radius 3 is 2.33 bits per heavy atom. The van der Waals surface area contributed by atoms with E-state index in [0.29, 0.717) is 6.20 Å². The fourth-order valence-corrected chi connectivity index (χ4v) is 1.29. The first kappa shape index (κ1) is 13.8. The molecule has 0 unspecified atom stereocenters. The van der Waals surface area contributed by atoms with E-state index in [0.717, 1.165) is 0 Å². The number of pyridine rings is 1. The normalized spacial score (nSPS) is 11.4. The Balaban J connectivity index is 3.79. The average Bonchev–Trinajstić information content (AvgIpc) is 2.25. The first-order chi connectivity index (χ1) is 8.20. The molecule has 0 atom stereocenters. The van der Waals surface area contributed by atoms with Crippen LogP contribution in [-0.4, -0.2) is 16.1 Å². The molecule has 0 fully saturated rings. The van der Waals surface area contributed by atoms with Gasteiger partial charge < -0.3 is 5.11 Å². The van der Waals surface area contributed by atoms with E-state index < -0.39 is 41.0 Å². The Labute approximate surface area is 96.3 Å². The molecule has 0 radical (unpaired) electrons. The summed E-state index contributed by atoms with van der Waals surface area (Å²) in [4.78, 5) is 13.5. The van der Waals surface area contributed by atoms with Gasteiger partial charge in [-0.1, -0.05) is 0 Å². The van der Waals surface area contributed by atoms with Crippen LogP contribution >= 0.6 is 0 Å². The lowest BCUT2D eigenvalue weighted by atomic mass is 10.0. The summed E-state index contributed by atoms with van der Waals surface area (Å²) < 4.78 is 62.6. The quantitative estimate of drug-likeness (QED) is 0.835. The van der Waals surface area contributed by atoms with Crippen LogP contribution in [0.2, 0.25) is 0 Å². The lowest BCUT2D eigenvalue weighted by Crippen LogP contribution is -2.19.